The normalized spacial score (nSPS) is 11.0. The van der Waals surface area contributed by atoms with E-state index in [2.05, 4.69) is 21.2 Å². The maximum absolute atomic E-state index is 12.8. The van der Waals surface area contributed by atoms with Crippen LogP contribution in [0.25, 0.3) is 11.0 Å². The molecule has 3 rings (SSSR count). The first kappa shape index (κ1) is 20.3. The fourth-order valence-electron chi connectivity index (χ4n) is 2.60. The van der Waals surface area contributed by atoms with E-state index in [-0.39, 0.29) is 23.6 Å². The average Bonchev–Trinajstić information content (AvgIpc) is 3.06. The molecule has 0 saturated heterocycles. The molecule has 0 atom stereocenters. The van der Waals surface area contributed by atoms with Gasteiger partial charge in [-0.25, -0.2) is 4.79 Å². The molecule has 2 N–H and O–H groups in total. The predicted octanol–water partition coefficient (Wildman–Crippen LogP) is 5.29. The molecule has 0 saturated carbocycles. The first-order valence-electron chi connectivity index (χ1n) is 8.70. The van der Waals surface area contributed by atoms with Gasteiger partial charge in [-0.15, -0.1) is 11.3 Å². The summed E-state index contributed by atoms with van der Waals surface area (Å²) in [5, 5.41) is 11.9. The molecule has 0 radical (unpaired) electrons. The molecule has 2 heterocycles. The number of carbonyl (C=O) groups is 2. The molecule has 6 nitrogen and oxygen atoms in total. The summed E-state index contributed by atoms with van der Waals surface area (Å²) in [6.45, 7) is 5.99. The van der Waals surface area contributed by atoms with Crippen LogP contribution in [0.15, 0.2) is 39.2 Å². The summed E-state index contributed by atoms with van der Waals surface area (Å²) in [5.41, 5.74) is 0.664. The molecule has 0 fully saturated rings. The highest BCUT2D eigenvalue weighted by atomic mass is 79.9. The minimum atomic E-state index is -0.515. The maximum Gasteiger partial charge on any atom is 0.341 e. The van der Waals surface area contributed by atoms with Gasteiger partial charge in [0.2, 0.25) is 5.55 Å². The van der Waals surface area contributed by atoms with E-state index in [9.17, 15) is 9.59 Å². The van der Waals surface area contributed by atoms with E-state index in [1.807, 2.05) is 13.8 Å². The number of amides is 1. The van der Waals surface area contributed by atoms with Crippen LogP contribution in [0.3, 0.4) is 0 Å². The number of nitrogens with one attached hydrogen (secondary N) is 2. The van der Waals surface area contributed by atoms with Crippen LogP contribution >= 0.6 is 27.3 Å². The number of hydrogen-bond donors (Lipinski definition) is 2. The highest BCUT2D eigenvalue weighted by molar-refractivity contribution is 9.10. The van der Waals surface area contributed by atoms with Crippen molar-refractivity contribution in [3.8, 4) is 0 Å². The zero-order valence-electron chi connectivity index (χ0n) is 15.6. The van der Waals surface area contributed by atoms with Gasteiger partial charge in [0, 0.05) is 14.7 Å². The maximum atomic E-state index is 12.8. The minimum Gasteiger partial charge on any atom is -0.462 e. The summed E-state index contributed by atoms with van der Waals surface area (Å²) in [6.07, 6.45) is 0. The smallest absolute Gasteiger partial charge is 0.341 e. The third-order valence-corrected chi connectivity index (χ3v) is 5.86. The van der Waals surface area contributed by atoms with Crippen molar-refractivity contribution in [1.29, 1.82) is 5.41 Å². The summed E-state index contributed by atoms with van der Waals surface area (Å²) in [4.78, 5) is 26.1. The topological polar surface area (TPSA) is 92.4 Å². The molecule has 0 unspecified atom stereocenters. The van der Waals surface area contributed by atoms with Gasteiger partial charge in [-0.05, 0) is 43.2 Å². The van der Waals surface area contributed by atoms with E-state index in [0.29, 0.717) is 21.5 Å². The van der Waals surface area contributed by atoms with Crippen LogP contribution in [0.2, 0.25) is 0 Å². The van der Waals surface area contributed by atoms with Gasteiger partial charge in [-0.1, -0.05) is 29.8 Å². The van der Waals surface area contributed by atoms with Crippen molar-refractivity contribution in [2.45, 2.75) is 26.7 Å². The Morgan fingerprint density at radius 2 is 2.00 bits per heavy atom. The van der Waals surface area contributed by atoms with Crippen LogP contribution < -0.4 is 10.9 Å². The zero-order chi connectivity index (χ0) is 20.4. The second-order valence-corrected chi connectivity index (χ2v) is 8.39. The van der Waals surface area contributed by atoms with Crippen molar-refractivity contribution in [1.82, 2.24) is 0 Å². The Bertz CT molecular complexity index is 1120. The quantitative estimate of drug-likeness (QED) is 0.503. The van der Waals surface area contributed by atoms with Gasteiger partial charge < -0.3 is 14.5 Å². The molecular weight excluding hydrogens is 444 g/mol. The van der Waals surface area contributed by atoms with Gasteiger partial charge in [0.25, 0.3) is 5.91 Å². The third kappa shape index (κ3) is 4.18. The highest BCUT2D eigenvalue weighted by Gasteiger charge is 2.22. The molecule has 3 aromatic rings. The fraction of sp³-hybridized carbons (Fsp3) is 0.250. The lowest BCUT2D eigenvalue weighted by Gasteiger charge is -2.07. The number of hydrogen-bond acceptors (Lipinski definition) is 6. The van der Waals surface area contributed by atoms with Crippen molar-refractivity contribution in [2.75, 3.05) is 11.9 Å². The highest BCUT2D eigenvalue weighted by Crippen LogP contribution is 2.33. The van der Waals surface area contributed by atoms with Crippen LogP contribution in [-0.2, 0) is 4.74 Å². The number of halogens is 1. The number of carbonyl (C=O) groups excluding carboxylic acids is 2. The third-order valence-electron chi connectivity index (χ3n) is 4.02. The number of benzene rings is 1. The van der Waals surface area contributed by atoms with Crippen LogP contribution in [0.5, 0.6) is 0 Å². The summed E-state index contributed by atoms with van der Waals surface area (Å²) < 4.78 is 11.4. The molecule has 146 valence electrons. The van der Waals surface area contributed by atoms with E-state index >= 15 is 0 Å². The second-order valence-electron chi connectivity index (χ2n) is 6.39. The van der Waals surface area contributed by atoms with E-state index in [0.717, 1.165) is 9.35 Å². The Kier molecular flexibility index (Phi) is 6.00. The Morgan fingerprint density at radius 1 is 1.25 bits per heavy atom. The molecule has 1 amide bonds. The van der Waals surface area contributed by atoms with Gasteiger partial charge in [-0.2, -0.15) is 0 Å². The van der Waals surface area contributed by atoms with Crippen molar-refractivity contribution in [3.05, 3.63) is 56.4 Å². The van der Waals surface area contributed by atoms with E-state index in [1.54, 1.807) is 37.3 Å². The molecule has 1 aromatic carbocycles. The summed E-state index contributed by atoms with van der Waals surface area (Å²) in [5.74, 6) is -0.805. The van der Waals surface area contributed by atoms with Crippen LogP contribution in [0, 0.1) is 5.41 Å². The molecule has 0 aliphatic rings. The SMILES string of the molecule is CCOC(=O)c1cc(C(C)C)sc1NC(=O)c1cc2cc(Br)ccc2oc1=N. The van der Waals surface area contributed by atoms with Gasteiger partial charge >= 0.3 is 5.97 Å². The van der Waals surface area contributed by atoms with E-state index in [1.165, 1.54) is 11.3 Å². The standard InChI is InChI=1S/C20H19BrN2O4S/c1-4-26-20(25)14-9-16(10(2)3)28-19(14)23-18(24)13-8-11-7-12(21)5-6-15(11)27-17(13)22/h5-10,22H,4H2,1-3H3,(H,23,24). The number of esters is 1. The monoisotopic (exact) mass is 462 g/mol. The molecule has 0 aliphatic carbocycles. The van der Waals surface area contributed by atoms with E-state index < -0.39 is 11.9 Å². The van der Waals surface area contributed by atoms with Gasteiger partial charge in [0.1, 0.15) is 16.1 Å². The summed E-state index contributed by atoms with van der Waals surface area (Å²) in [6, 6.07) is 8.68. The van der Waals surface area contributed by atoms with Crippen molar-refractivity contribution < 1.29 is 18.7 Å². The van der Waals surface area contributed by atoms with Crippen molar-refractivity contribution in [2.24, 2.45) is 0 Å². The van der Waals surface area contributed by atoms with Gasteiger partial charge in [-0.3, -0.25) is 10.2 Å². The number of thiophene rings is 1. The Labute approximate surface area is 174 Å². The fourth-order valence-corrected chi connectivity index (χ4v) is 4.02. The van der Waals surface area contributed by atoms with Crippen LogP contribution in [0.1, 0.15) is 52.3 Å². The van der Waals surface area contributed by atoms with Gasteiger partial charge in [0.15, 0.2) is 0 Å². The van der Waals surface area contributed by atoms with Crippen LogP contribution in [0.4, 0.5) is 5.00 Å². The van der Waals surface area contributed by atoms with Crippen molar-refractivity contribution >= 4 is 55.1 Å². The Hall–Kier alpha value is -2.45. The largest absolute Gasteiger partial charge is 0.462 e. The summed E-state index contributed by atoms with van der Waals surface area (Å²) >= 11 is 4.71. The molecule has 8 heteroatoms. The lowest BCUT2D eigenvalue weighted by atomic mass is 10.1. The molecule has 0 spiro atoms. The lowest BCUT2D eigenvalue weighted by molar-refractivity contribution is 0.0528. The minimum absolute atomic E-state index is 0.0832. The number of fused-ring (bicyclic) bond motifs is 1. The number of ether oxygens (including phenoxy) is 1. The Balaban J connectivity index is 1.99. The molecule has 2 aromatic heterocycles. The van der Waals surface area contributed by atoms with Crippen LogP contribution in [-0.4, -0.2) is 18.5 Å². The van der Waals surface area contributed by atoms with Crippen molar-refractivity contribution in [3.63, 3.8) is 0 Å². The first-order chi connectivity index (χ1) is 13.3. The molecule has 0 bridgehead atoms. The molecular formula is C20H19BrN2O4S. The van der Waals surface area contributed by atoms with E-state index in [4.69, 9.17) is 14.6 Å². The van der Waals surface area contributed by atoms with Gasteiger partial charge in [0.05, 0.1) is 12.2 Å². The molecule has 0 aliphatic heterocycles. The predicted molar refractivity (Wildman–Crippen MR) is 112 cm³/mol. The zero-order valence-corrected chi connectivity index (χ0v) is 18.0. The Morgan fingerprint density at radius 3 is 2.68 bits per heavy atom. The molecule has 28 heavy (non-hydrogen) atoms. The number of rotatable bonds is 5. The lowest BCUT2D eigenvalue weighted by Crippen LogP contribution is -2.21. The first-order valence-corrected chi connectivity index (χ1v) is 10.3. The number of anilines is 1. The average molecular weight is 463 g/mol. The second kappa shape index (κ2) is 8.28. The summed E-state index contributed by atoms with van der Waals surface area (Å²) in [7, 11) is 0.